The Balaban J connectivity index is 0.000000477. The molecule has 0 unspecified atom stereocenters. The van der Waals surface area contributed by atoms with Crippen molar-refractivity contribution in [3.05, 3.63) is 175 Å². The SMILES string of the molecule is C/C=C/C(=O)OCC.CCOC(=O)C(=O)OCC.COc1ccc2[nH]cc(CCN)c2c1.COc1ccc2[nH]cc(CCNC(=O)c3cccc(=O)o3)c2c1.Cl.O=C(O)c1cccc(=O)o1.O=C(O)c1cccc(=O)o1. The predicted octanol–water partition coefficient (Wildman–Crippen LogP) is 6.12. The number of halogens is 1. The lowest BCUT2D eigenvalue weighted by Gasteiger charge is -2.04. The molecule has 0 radical (unpaired) electrons. The first-order valence-corrected chi connectivity index (χ1v) is 22.6. The van der Waals surface area contributed by atoms with Crippen LogP contribution in [-0.2, 0) is 41.4 Å². The second kappa shape index (κ2) is 35.8. The number of benzene rings is 2. The van der Waals surface area contributed by atoms with Gasteiger partial charge in [0.15, 0.2) is 5.76 Å². The van der Waals surface area contributed by atoms with Crippen LogP contribution < -0.4 is 37.4 Å². The fourth-order valence-electron chi connectivity index (χ4n) is 5.77. The van der Waals surface area contributed by atoms with Gasteiger partial charge in [0.1, 0.15) is 11.5 Å². The molecule has 0 spiro atoms. The van der Waals surface area contributed by atoms with Crippen LogP contribution in [0.5, 0.6) is 11.5 Å². The summed E-state index contributed by atoms with van der Waals surface area (Å²) in [5.74, 6) is -4.00. The number of aromatic amines is 2. The molecule has 24 heteroatoms. The van der Waals surface area contributed by atoms with E-state index in [1.165, 1.54) is 59.5 Å². The largest absolute Gasteiger partial charge is 0.497 e. The lowest BCUT2D eigenvalue weighted by atomic mass is 10.1. The van der Waals surface area contributed by atoms with Crippen molar-refractivity contribution in [1.82, 2.24) is 15.3 Å². The molecule has 7 N–H and O–H groups in total. The van der Waals surface area contributed by atoms with E-state index in [0.29, 0.717) is 26.1 Å². The number of allylic oxidation sites excluding steroid dienone is 1. The molecule has 0 saturated heterocycles. The molecule has 0 aliphatic heterocycles. The minimum atomic E-state index is -1.24. The van der Waals surface area contributed by atoms with Crippen LogP contribution in [0, 0.1) is 0 Å². The zero-order valence-corrected chi connectivity index (χ0v) is 43.1. The van der Waals surface area contributed by atoms with E-state index in [-0.39, 0.29) is 48.9 Å². The number of carbonyl (C=O) groups is 6. The van der Waals surface area contributed by atoms with E-state index in [9.17, 15) is 43.2 Å². The normalized spacial score (nSPS) is 9.78. The third-order valence-corrected chi connectivity index (χ3v) is 9.07. The minimum Gasteiger partial charge on any atom is -0.497 e. The van der Waals surface area contributed by atoms with Crippen LogP contribution in [0.25, 0.3) is 21.8 Å². The zero-order chi connectivity index (χ0) is 55.7. The summed E-state index contributed by atoms with van der Waals surface area (Å²) in [6.45, 7) is 8.73. The molecular weight excluding hydrogens is 1020 g/mol. The van der Waals surface area contributed by atoms with Crippen LogP contribution in [0.15, 0.2) is 143 Å². The number of ether oxygens (including phenoxy) is 5. The van der Waals surface area contributed by atoms with E-state index in [0.717, 1.165) is 52.0 Å². The van der Waals surface area contributed by atoms with Gasteiger partial charge >= 0.3 is 46.7 Å². The molecule has 1 amide bonds. The number of carbonyl (C=O) groups excluding carboxylic acids is 4. The van der Waals surface area contributed by atoms with Gasteiger partial charge in [0, 0.05) is 65.0 Å². The Morgan fingerprint density at radius 1 is 0.605 bits per heavy atom. The van der Waals surface area contributed by atoms with Crippen molar-refractivity contribution in [3.8, 4) is 11.5 Å². The highest BCUT2D eigenvalue weighted by Gasteiger charge is 2.15. The predicted molar refractivity (Wildman–Crippen MR) is 279 cm³/mol. The maximum Gasteiger partial charge on any atom is 0.417 e. The first kappa shape index (κ1) is 64.8. The number of aromatic carboxylic acids is 2. The molecule has 76 heavy (non-hydrogen) atoms. The molecule has 7 rings (SSSR count). The maximum atomic E-state index is 11.9. The summed E-state index contributed by atoms with van der Waals surface area (Å²) in [6.07, 6.45) is 8.51. The topological polar surface area (TPSA) is 349 Å². The second-order valence-electron chi connectivity index (χ2n) is 14.2. The summed E-state index contributed by atoms with van der Waals surface area (Å²) in [4.78, 5) is 102. The highest BCUT2D eigenvalue weighted by molar-refractivity contribution is 6.29. The minimum absolute atomic E-state index is 0. The van der Waals surface area contributed by atoms with Crippen LogP contribution >= 0.6 is 12.4 Å². The number of H-pyrrole nitrogens is 2. The molecule has 2 aromatic carbocycles. The van der Waals surface area contributed by atoms with Gasteiger partial charge in [-0.15, -0.1) is 12.4 Å². The maximum absolute atomic E-state index is 11.9. The molecule has 0 aliphatic rings. The monoisotopic (exact) mass is 1080 g/mol. The number of amides is 1. The average molecular weight is 1080 g/mol. The Morgan fingerprint density at radius 2 is 1.01 bits per heavy atom. The van der Waals surface area contributed by atoms with E-state index >= 15 is 0 Å². The number of nitrogens with one attached hydrogen (secondary N) is 3. The number of esters is 3. The van der Waals surface area contributed by atoms with Crippen molar-refractivity contribution in [3.63, 3.8) is 0 Å². The van der Waals surface area contributed by atoms with Gasteiger partial charge in [-0.1, -0.05) is 24.3 Å². The van der Waals surface area contributed by atoms with Crippen molar-refractivity contribution in [1.29, 1.82) is 0 Å². The van der Waals surface area contributed by atoms with Crippen LogP contribution in [-0.4, -0.2) is 103 Å². The average Bonchev–Trinajstić information content (AvgIpc) is 4.00. The molecule has 408 valence electrons. The van der Waals surface area contributed by atoms with Crippen molar-refractivity contribution >= 4 is 70.0 Å². The van der Waals surface area contributed by atoms with Crippen molar-refractivity contribution in [2.45, 2.75) is 40.5 Å². The van der Waals surface area contributed by atoms with Gasteiger partial charge in [0.25, 0.3) is 5.91 Å². The summed E-state index contributed by atoms with van der Waals surface area (Å²) < 4.78 is 37.1. The smallest absolute Gasteiger partial charge is 0.417 e. The third-order valence-electron chi connectivity index (χ3n) is 9.07. The number of nitrogens with two attached hydrogens (primary N) is 1. The van der Waals surface area contributed by atoms with Crippen molar-refractivity contribution in [2.75, 3.05) is 47.1 Å². The van der Waals surface area contributed by atoms with E-state index in [4.69, 9.17) is 29.8 Å². The highest BCUT2D eigenvalue weighted by atomic mass is 35.5. The Morgan fingerprint density at radius 3 is 1.37 bits per heavy atom. The number of rotatable bonds is 14. The lowest BCUT2D eigenvalue weighted by Crippen LogP contribution is -2.26. The van der Waals surface area contributed by atoms with Crippen LogP contribution in [0.3, 0.4) is 0 Å². The Bertz CT molecular complexity index is 3070. The van der Waals surface area contributed by atoms with Gasteiger partial charge in [-0.25, -0.2) is 38.4 Å². The molecule has 0 atom stereocenters. The van der Waals surface area contributed by atoms with Crippen LogP contribution in [0.4, 0.5) is 0 Å². The van der Waals surface area contributed by atoms with E-state index in [2.05, 4.69) is 38.3 Å². The fraction of sp³-hybridized carbons (Fsp3) is 0.250. The molecule has 0 aliphatic carbocycles. The van der Waals surface area contributed by atoms with Gasteiger partial charge in [-0.3, -0.25) is 4.79 Å². The number of aromatic nitrogens is 2. The Hall–Kier alpha value is -9.22. The standard InChI is InChI=1S/C17H16N2O4.C11H14N2O.2C6H4O4.C6H10O4.C6H10O2.ClH/c1-22-12-5-6-14-13(9-12)11(10-19-14)7-8-18-17(21)15-3-2-4-16(20)23-15;1-14-9-2-3-11-10(6-9)8(4-5-12)7-13-11;2*7-5-3-1-2-4(10-5)6(8)9;1-3-9-5(7)6(8)10-4-2;1-3-5-6(7)8-4-2;/h2-6,9-10,19H,7-8H2,1H3,(H,18,21);2-3,6-7,13H,4-5,12H2,1H3;2*1-3H,(H,8,9);3-4H2,1-2H3;3,5H,4H2,1-2H3;1H/b;;;;;5-3+;. The summed E-state index contributed by atoms with van der Waals surface area (Å²) in [5, 5.41) is 21.6. The summed E-state index contributed by atoms with van der Waals surface area (Å²) >= 11 is 0. The molecule has 7 aromatic rings. The molecule has 23 nitrogen and oxygen atoms in total. The third kappa shape index (κ3) is 23.6. The molecule has 5 aromatic heterocycles. The van der Waals surface area contributed by atoms with Crippen molar-refractivity contribution in [2.24, 2.45) is 5.73 Å². The number of hydrogen-bond acceptors (Lipinski definition) is 18. The van der Waals surface area contributed by atoms with Gasteiger partial charge in [-0.2, -0.15) is 0 Å². The fourth-order valence-corrected chi connectivity index (χ4v) is 5.77. The first-order chi connectivity index (χ1) is 35.9. The molecular formula is C52H59ClN4O19. The number of carboxylic acids is 2. The summed E-state index contributed by atoms with van der Waals surface area (Å²) in [7, 11) is 3.30. The number of carboxylic acid groups (broad SMARTS) is 2. The van der Waals surface area contributed by atoms with E-state index < -0.39 is 46.7 Å². The molecule has 0 saturated carbocycles. The van der Waals surface area contributed by atoms with Gasteiger partial charge in [0.2, 0.25) is 11.5 Å². The second-order valence-corrected chi connectivity index (χ2v) is 14.2. The number of fused-ring (bicyclic) bond motifs is 2. The van der Waals surface area contributed by atoms with Crippen LogP contribution in [0.1, 0.15) is 70.5 Å². The Labute approximate surface area is 440 Å². The molecule has 0 fully saturated rings. The van der Waals surface area contributed by atoms with Crippen LogP contribution in [0.2, 0.25) is 0 Å². The number of hydrogen-bond donors (Lipinski definition) is 6. The van der Waals surface area contributed by atoms with E-state index in [1.807, 2.05) is 48.8 Å². The van der Waals surface area contributed by atoms with Gasteiger partial charge < -0.3 is 68.2 Å². The van der Waals surface area contributed by atoms with Crippen molar-refractivity contribution < 1.29 is 75.9 Å². The zero-order valence-electron chi connectivity index (χ0n) is 42.2. The molecule has 0 bridgehead atoms. The molecule has 5 heterocycles. The first-order valence-electron chi connectivity index (χ1n) is 22.6. The number of methoxy groups -OCH3 is 2. The lowest BCUT2D eigenvalue weighted by molar-refractivity contribution is -0.167. The van der Waals surface area contributed by atoms with Gasteiger partial charge in [-0.05, 0) is 113 Å². The Kier molecular flexibility index (Phi) is 30.5. The summed E-state index contributed by atoms with van der Waals surface area (Å²) in [5.41, 5.74) is 8.17. The quantitative estimate of drug-likeness (QED) is 0.0309. The van der Waals surface area contributed by atoms with Gasteiger partial charge in [0.05, 0.1) is 34.0 Å². The van der Waals surface area contributed by atoms with E-state index in [1.54, 1.807) is 48.0 Å². The summed E-state index contributed by atoms with van der Waals surface area (Å²) in [6, 6.07) is 23.4. The highest BCUT2D eigenvalue weighted by Crippen LogP contribution is 2.25.